The number of thioether (sulfide) groups is 1. The second kappa shape index (κ2) is 7.77. The molecule has 2 aromatic carbocycles. The van der Waals surface area contributed by atoms with Gasteiger partial charge in [-0.2, -0.15) is 0 Å². The molecule has 28 heavy (non-hydrogen) atoms. The molecule has 0 atom stereocenters. The number of nitrogens with one attached hydrogen (secondary N) is 1. The predicted molar refractivity (Wildman–Crippen MR) is 117 cm³/mol. The number of para-hydroxylation sites is 1. The highest BCUT2D eigenvalue weighted by Crippen LogP contribution is 2.30. The average Bonchev–Trinajstić information content (AvgIpc) is 3.08. The topological polar surface area (TPSA) is 64.1 Å². The van der Waals surface area contributed by atoms with Crippen LogP contribution in [0.3, 0.4) is 0 Å². The molecular weight excluding hydrogens is 390 g/mol. The number of pyridine rings is 1. The van der Waals surface area contributed by atoms with E-state index in [-0.39, 0.29) is 11.7 Å². The minimum Gasteiger partial charge on any atom is -0.497 e. The SMILES string of the molecule is COc1ccc2nc(NC(=O)CSc3nc4c(C)cccc4cc3C)sc2c1. The van der Waals surface area contributed by atoms with Crippen molar-refractivity contribution in [3.8, 4) is 5.75 Å². The van der Waals surface area contributed by atoms with Crippen LogP contribution in [0.15, 0.2) is 47.5 Å². The minimum absolute atomic E-state index is 0.0953. The smallest absolute Gasteiger partial charge is 0.236 e. The first-order valence-electron chi connectivity index (χ1n) is 8.77. The molecule has 0 bridgehead atoms. The summed E-state index contributed by atoms with van der Waals surface area (Å²) in [6.07, 6.45) is 0. The Kier molecular flexibility index (Phi) is 5.19. The van der Waals surface area contributed by atoms with Crippen LogP contribution in [-0.4, -0.2) is 28.7 Å². The van der Waals surface area contributed by atoms with Gasteiger partial charge in [-0.15, -0.1) is 0 Å². The van der Waals surface area contributed by atoms with Gasteiger partial charge in [-0.3, -0.25) is 4.79 Å². The molecule has 0 radical (unpaired) electrons. The number of thiazole rings is 1. The van der Waals surface area contributed by atoms with Crippen LogP contribution in [0.5, 0.6) is 5.75 Å². The maximum absolute atomic E-state index is 12.4. The Morgan fingerprint density at radius 1 is 1.14 bits per heavy atom. The number of nitrogens with zero attached hydrogens (tertiary/aromatic N) is 2. The van der Waals surface area contributed by atoms with Crippen LogP contribution in [0, 0.1) is 13.8 Å². The van der Waals surface area contributed by atoms with Gasteiger partial charge in [-0.25, -0.2) is 9.97 Å². The number of benzene rings is 2. The number of hydrogen-bond acceptors (Lipinski definition) is 6. The van der Waals surface area contributed by atoms with Gasteiger partial charge in [0.25, 0.3) is 0 Å². The lowest BCUT2D eigenvalue weighted by Crippen LogP contribution is -2.14. The lowest BCUT2D eigenvalue weighted by atomic mass is 10.1. The van der Waals surface area contributed by atoms with Gasteiger partial charge in [0.15, 0.2) is 5.13 Å². The third-order valence-corrected chi connectivity index (χ3v) is 6.40. The third-order valence-electron chi connectivity index (χ3n) is 4.37. The Labute approximate surface area is 171 Å². The molecule has 0 saturated heterocycles. The highest BCUT2D eigenvalue weighted by molar-refractivity contribution is 8.00. The summed E-state index contributed by atoms with van der Waals surface area (Å²) in [5, 5.41) is 5.48. The van der Waals surface area contributed by atoms with Gasteiger partial charge in [0.1, 0.15) is 10.8 Å². The molecule has 0 saturated carbocycles. The molecule has 0 aliphatic rings. The van der Waals surface area contributed by atoms with Crippen LogP contribution in [0.4, 0.5) is 5.13 Å². The molecule has 1 N–H and O–H groups in total. The third kappa shape index (κ3) is 3.81. The van der Waals surface area contributed by atoms with Crippen molar-refractivity contribution >= 4 is 55.3 Å². The van der Waals surface area contributed by atoms with Crippen molar-refractivity contribution in [1.29, 1.82) is 0 Å². The van der Waals surface area contributed by atoms with Gasteiger partial charge >= 0.3 is 0 Å². The lowest BCUT2D eigenvalue weighted by Gasteiger charge is -2.08. The van der Waals surface area contributed by atoms with Crippen molar-refractivity contribution < 1.29 is 9.53 Å². The first kappa shape index (κ1) is 18.7. The number of fused-ring (bicyclic) bond motifs is 2. The summed E-state index contributed by atoms with van der Waals surface area (Å²) in [7, 11) is 1.63. The van der Waals surface area contributed by atoms with E-state index in [0.29, 0.717) is 5.13 Å². The van der Waals surface area contributed by atoms with Gasteiger partial charge in [0.2, 0.25) is 5.91 Å². The number of amides is 1. The molecule has 0 fully saturated rings. The van der Waals surface area contributed by atoms with Crippen LogP contribution in [-0.2, 0) is 4.79 Å². The molecule has 1 amide bonds. The molecule has 0 unspecified atom stereocenters. The molecule has 2 aromatic heterocycles. The van der Waals surface area contributed by atoms with Gasteiger partial charge < -0.3 is 10.1 Å². The summed E-state index contributed by atoms with van der Waals surface area (Å²) in [5.41, 5.74) is 4.03. The summed E-state index contributed by atoms with van der Waals surface area (Å²) in [5.74, 6) is 0.963. The van der Waals surface area contributed by atoms with E-state index in [9.17, 15) is 4.79 Å². The largest absolute Gasteiger partial charge is 0.497 e. The number of rotatable bonds is 5. The number of anilines is 1. The second-order valence-electron chi connectivity index (χ2n) is 6.45. The Morgan fingerprint density at radius 2 is 2.00 bits per heavy atom. The average molecular weight is 410 g/mol. The van der Waals surface area contributed by atoms with Crippen molar-refractivity contribution in [3.05, 3.63) is 53.6 Å². The zero-order valence-corrected chi connectivity index (χ0v) is 17.4. The molecular formula is C21H19N3O2S2. The lowest BCUT2D eigenvalue weighted by molar-refractivity contribution is -0.113. The number of carbonyl (C=O) groups is 1. The second-order valence-corrected chi connectivity index (χ2v) is 8.44. The standard InChI is InChI=1S/C21H19N3O2S2/c1-12-5-4-6-14-9-13(2)20(24-19(12)14)27-11-18(25)23-21-22-16-8-7-15(26-3)10-17(16)28-21/h4-10H,11H2,1-3H3,(H,22,23,25). The summed E-state index contributed by atoms with van der Waals surface area (Å²) in [4.78, 5) is 21.6. The van der Waals surface area contributed by atoms with E-state index < -0.39 is 0 Å². The molecule has 7 heteroatoms. The fourth-order valence-corrected chi connectivity index (χ4v) is 4.65. The quantitative estimate of drug-likeness (QED) is 0.459. The Balaban J connectivity index is 1.46. The molecule has 0 aliphatic carbocycles. The zero-order valence-electron chi connectivity index (χ0n) is 15.8. The van der Waals surface area contributed by atoms with Gasteiger partial charge in [-0.1, -0.05) is 41.3 Å². The van der Waals surface area contributed by atoms with Crippen LogP contribution < -0.4 is 10.1 Å². The first-order valence-corrected chi connectivity index (χ1v) is 10.6. The predicted octanol–water partition coefficient (Wildman–Crippen LogP) is 5.20. The molecule has 0 spiro atoms. The summed E-state index contributed by atoms with van der Waals surface area (Å²) >= 11 is 2.88. The van der Waals surface area contributed by atoms with Gasteiger partial charge in [0, 0.05) is 5.39 Å². The fraction of sp³-hybridized carbons (Fsp3) is 0.190. The Bertz CT molecular complexity index is 1190. The fourth-order valence-electron chi connectivity index (χ4n) is 2.96. The highest BCUT2D eigenvalue weighted by Gasteiger charge is 2.12. The van der Waals surface area contributed by atoms with Crippen LogP contribution >= 0.6 is 23.1 Å². The van der Waals surface area contributed by atoms with Gasteiger partial charge in [-0.05, 0) is 49.2 Å². The Hall–Kier alpha value is -2.64. The maximum Gasteiger partial charge on any atom is 0.236 e. The van der Waals surface area contributed by atoms with Gasteiger partial charge in [0.05, 0.1) is 28.6 Å². The van der Waals surface area contributed by atoms with E-state index in [1.165, 1.54) is 23.1 Å². The van der Waals surface area contributed by atoms with Crippen molar-refractivity contribution in [2.24, 2.45) is 0 Å². The van der Waals surface area contributed by atoms with E-state index in [1.54, 1.807) is 7.11 Å². The van der Waals surface area contributed by atoms with Crippen molar-refractivity contribution in [2.75, 3.05) is 18.2 Å². The van der Waals surface area contributed by atoms with E-state index >= 15 is 0 Å². The summed E-state index contributed by atoms with van der Waals surface area (Å²) in [6.45, 7) is 4.07. The molecule has 4 aromatic rings. The highest BCUT2D eigenvalue weighted by atomic mass is 32.2. The molecule has 4 rings (SSSR count). The van der Waals surface area contributed by atoms with Crippen molar-refractivity contribution in [3.63, 3.8) is 0 Å². The number of aromatic nitrogens is 2. The summed E-state index contributed by atoms with van der Waals surface area (Å²) in [6, 6.07) is 13.9. The molecule has 0 aliphatic heterocycles. The van der Waals surface area contributed by atoms with E-state index in [2.05, 4.69) is 22.4 Å². The number of ether oxygens (including phenoxy) is 1. The Morgan fingerprint density at radius 3 is 2.82 bits per heavy atom. The van der Waals surface area contributed by atoms with Crippen molar-refractivity contribution in [1.82, 2.24) is 9.97 Å². The van der Waals surface area contributed by atoms with Crippen LogP contribution in [0.2, 0.25) is 0 Å². The van der Waals surface area contributed by atoms with E-state index in [4.69, 9.17) is 9.72 Å². The van der Waals surface area contributed by atoms with Crippen LogP contribution in [0.25, 0.3) is 21.1 Å². The number of aryl methyl sites for hydroxylation is 2. The molecule has 2 heterocycles. The van der Waals surface area contributed by atoms with Crippen molar-refractivity contribution in [2.45, 2.75) is 18.9 Å². The van der Waals surface area contributed by atoms with E-state index in [1.807, 2.05) is 44.2 Å². The molecule has 5 nitrogen and oxygen atoms in total. The number of methoxy groups -OCH3 is 1. The zero-order chi connectivity index (χ0) is 19.7. The first-order chi connectivity index (χ1) is 13.5. The number of hydrogen-bond donors (Lipinski definition) is 1. The summed E-state index contributed by atoms with van der Waals surface area (Å²) < 4.78 is 6.21. The van der Waals surface area contributed by atoms with Crippen LogP contribution in [0.1, 0.15) is 11.1 Å². The normalized spacial score (nSPS) is 11.1. The van der Waals surface area contributed by atoms with E-state index in [0.717, 1.165) is 43.0 Å². The molecule has 142 valence electrons. The monoisotopic (exact) mass is 409 g/mol. The maximum atomic E-state index is 12.4. The minimum atomic E-state index is -0.0953. The number of carbonyl (C=O) groups excluding carboxylic acids is 1.